The number of likely N-dealkylation sites (N-methyl/N-ethyl adjacent to an activating group) is 1. The van der Waals surface area contributed by atoms with E-state index in [1.807, 2.05) is 55.7 Å². The molecule has 5 rings (SSSR count). The first-order valence-corrected chi connectivity index (χ1v) is 13.4. The lowest BCUT2D eigenvalue weighted by Crippen LogP contribution is -2.52. The molecule has 1 aromatic carbocycles. The van der Waals surface area contributed by atoms with E-state index in [9.17, 15) is 14.4 Å². The zero-order chi connectivity index (χ0) is 28.1. The highest BCUT2D eigenvalue weighted by molar-refractivity contribution is 6.06. The average molecular weight is 533 g/mol. The molecule has 0 radical (unpaired) electrons. The first-order chi connectivity index (χ1) is 18.5. The smallest absolute Gasteiger partial charge is 0.261 e. The van der Waals surface area contributed by atoms with E-state index in [1.165, 1.54) is 0 Å². The highest BCUT2D eigenvalue weighted by Crippen LogP contribution is 2.39. The molecule has 1 fully saturated rings. The van der Waals surface area contributed by atoms with Gasteiger partial charge in [-0.25, -0.2) is 4.98 Å². The molecule has 3 aromatic rings. The fourth-order valence-electron chi connectivity index (χ4n) is 5.53. The van der Waals surface area contributed by atoms with Crippen molar-refractivity contribution in [1.82, 2.24) is 19.4 Å². The Kier molecular flexibility index (Phi) is 6.92. The van der Waals surface area contributed by atoms with Crippen LogP contribution >= 0.6 is 0 Å². The van der Waals surface area contributed by atoms with Gasteiger partial charge in [0, 0.05) is 52.2 Å². The summed E-state index contributed by atoms with van der Waals surface area (Å²) in [5.41, 5.74) is 3.32. The van der Waals surface area contributed by atoms with Crippen molar-refractivity contribution >= 4 is 34.1 Å². The molecule has 1 atom stereocenters. The molecule has 0 saturated carbocycles. The molecule has 10 heteroatoms. The lowest BCUT2D eigenvalue weighted by molar-refractivity contribution is -0.132. The Balaban J connectivity index is 1.33. The number of hydrogen-bond donors (Lipinski definition) is 0. The number of aryl methyl sites for hydroxylation is 2. The van der Waals surface area contributed by atoms with Gasteiger partial charge in [0.2, 0.25) is 11.8 Å². The maximum atomic E-state index is 13.4. The van der Waals surface area contributed by atoms with Gasteiger partial charge in [-0.2, -0.15) is 0 Å². The van der Waals surface area contributed by atoms with Crippen molar-refractivity contribution in [2.24, 2.45) is 0 Å². The molecule has 0 aliphatic carbocycles. The van der Waals surface area contributed by atoms with Crippen LogP contribution in [-0.4, -0.2) is 77.7 Å². The van der Waals surface area contributed by atoms with Gasteiger partial charge in [-0.15, -0.1) is 0 Å². The molecule has 2 aliphatic rings. The number of amides is 2. The number of aromatic nitrogens is 3. The largest absolute Gasteiger partial charge is 0.380 e. The third-order valence-electron chi connectivity index (χ3n) is 8.03. The van der Waals surface area contributed by atoms with Crippen molar-refractivity contribution in [2.45, 2.75) is 52.2 Å². The van der Waals surface area contributed by atoms with E-state index in [0.717, 1.165) is 22.6 Å². The predicted molar refractivity (Wildman–Crippen MR) is 150 cm³/mol. The topological polar surface area (TPSA) is 101 Å². The van der Waals surface area contributed by atoms with Crippen LogP contribution in [0.2, 0.25) is 0 Å². The predicted octanol–water partition coefficient (Wildman–Crippen LogP) is 2.28. The Morgan fingerprint density at radius 1 is 1.13 bits per heavy atom. The highest BCUT2D eigenvalue weighted by Gasteiger charge is 2.43. The van der Waals surface area contributed by atoms with Crippen LogP contribution in [0.3, 0.4) is 0 Å². The lowest BCUT2D eigenvalue weighted by Gasteiger charge is -2.36. The Morgan fingerprint density at radius 3 is 2.62 bits per heavy atom. The van der Waals surface area contributed by atoms with Crippen LogP contribution in [0.4, 0.5) is 11.4 Å². The maximum absolute atomic E-state index is 13.4. The molecular formula is C29H36N6O4. The number of piperazine rings is 1. The molecular weight excluding hydrogens is 496 g/mol. The number of carbonyl (C=O) groups excluding carboxylic acids is 2. The van der Waals surface area contributed by atoms with Crippen molar-refractivity contribution in [2.75, 3.05) is 50.1 Å². The first-order valence-electron chi connectivity index (χ1n) is 13.4. The SMILES string of the molecule is COC(C)CN1CCN(c2ccc3c(=O)n(CCc4cnc5c(c4)N(C)C(=O)C5(C)C)c(C)nc3c2)CC1=O. The van der Waals surface area contributed by atoms with Gasteiger partial charge in [0.1, 0.15) is 5.82 Å². The number of nitrogens with zero attached hydrogens (tertiary/aromatic N) is 6. The summed E-state index contributed by atoms with van der Waals surface area (Å²) in [6, 6.07) is 7.59. The summed E-state index contributed by atoms with van der Waals surface area (Å²) in [5.74, 6) is 0.714. The summed E-state index contributed by atoms with van der Waals surface area (Å²) in [6.07, 6.45) is 2.38. The molecule has 4 heterocycles. The van der Waals surface area contributed by atoms with Crippen LogP contribution in [-0.2, 0) is 32.7 Å². The van der Waals surface area contributed by atoms with Gasteiger partial charge in [0.15, 0.2) is 0 Å². The van der Waals surface area contributed by atoms with E-state index >= 15 is 0 Å². The number of ether oxygens (including phenoxy) is 1. The molecule has 0 spiro atoms. The van der Waals surface area contributed by atoms with Crippen LogP contribution in [0.15, 0.2) is 35.3 Å². The maximum Gasteiger partial charge on any atom is 0.261 e. The highest BCUT2D eigenvalue weighted by atomic mass is 16.5. The Morgan fingerprint density at radius 2 is 1.90 bits per heavy atom. The normalized spacial score (nSPS) is 17.7. The van der Waals surface area contributed by atoms with Crippen LogP contribution in [0.5, 0.6) is 0 Å². The van der Waals surface area contributed by atoms with Gasteiger partial charge >= 0.3 is 0 Å². The monoisotopic (exact) mass is 532 g/mol. The second-order valence-electron chi connectivity index (χ2n) is 11.1. The van der Waals surface area contributed by atoms with Crippen molar-refractivity contribution in [3.63, 3.8) is 0 Å². The molecule has 1 saturated heterocycles. The minimum atomic E-state index is -0.638. The number of hydrogen-bond acceptors (Lipinski definition) is 7. The molecule has 1 unspecified atom stereocenters. The molecule has 0 N–H and O–H groups in total. The number of carbonyl (C=O) groups is 2. The van der Waals surface area contributed by atoms with E-state index in [1.54, 1.807) is 35.9 Å². The number of fused-ring (bicyclic) bond motifs is 2. The van der Waals surface area contributed by atoms with Gasteiger partial charge in [-0.1, -0.05) is 0 Å². The number of rotatable bonds is 7. The summed E-state index contributed by atoms with van der Waals surface area (Å²) in [7, 11) is 3.42. The van der Waals surface area contributed by atoms with Crippen molar-refractivity contribution in [3.8, 4) is 0 Å². The van der Waals surface area contributed by atoms with Crippen LogP contribution in [0.25, 0.3) is 10.9 Å². The van der Waals surface area contributed by atoms with Gasteiger partial charge in [-0.05, 0) is 63.9 Å². The Bertz CT molecular complexity index is 1510. The minimum absolute atomic E-state index is 0.00726. The molecule has 0 bridgehead atoms. The molecule has 206 valence electrons. The van der Waals surface area contributed by atoms with Gasteiger partial charge < -0.3 is 19.4 Å². The Hall–Kier alpha value is -3.79. The third kappa shape index (κ3) is 4.78. The molecule has 2 amide bonds. The summed E-state index contributed by atoms with van der Waals surface area (Å²) < 4.78 is 6.99. The van der Waals surface area contributed by atoms with E-state index < -0.39 is 5.41 Å². The second-order valence-corrected chi connectivity index (χ2v) is 11.1. The lowest BCUT2D eigenvalue weighted by atomic mass is 9.90. The van der Waals surface area contributed by atoms with Gasteiger partial charge in [0.25, 0.3) is 5.56 Å². The molecule has 2 aromatic heterocycles. The van der Waals surface area contributed by atoms with Gasteiger partial charge in [0.05, 0.1) is 40.3 Å². The number of methoxy groups -OCH3 is 1. The van der Waals surface area contributed by atoms with Crippen LogP contribution in [0, 0.1) is 6.92 Å². The Labute approximate surface area is 228 Å². The summed E-state index contributed by atoms with van der Waals surface area (Å²) >= 11 is 0. The second kappa shape index (κ2) is 10.1. The molecule has 10 nitrogen and oxygen atoms in total. The van der Waals surface area contributed by atoms with E-state index in [-0.39, 0.29) is 30.0 Å². The fraction of sp³-hybridized carbons (Fsp3) is 0.483. The zero-order valence-corrected chi connectivity index (χ0v) is 23.5. The van der Waals surface area contributed by atoms with Crippen molar-refractivity contribution in [1.29, 1.82) is 0 Å². The van der Waals surface area contributed by atoms with E-state index in [0.29, 0.717) is 49.3 Å². The number of benzene rings is 1. The first kappa shape index (κ1) is 26.8. The van der Waals surface area contributed by atoms with Crippen molar-refractivity contribution in [3.05, 3.63) is 57.9 Å². The average Bonchev–Trinajstić information content (AvgIpc) is 3.08. The fourth-order valence-corrected chi connectivity index (χ4v) is 5.53. The van der Waals surface area contributed by atoms with Gasteiger partial charge in [-0.3, -0.25) is 23.9 Å². The van der Waals surface area contributed by atoms with Crippen LogP contribution in [0.1, 0.15) is 37.9 Å². The number of anilines is 2. The van der Waals surface area contributed by atoms with E-state index in [2.05, 4.69) is 4.98 Å². The summed E-state index contributed by atoms with van der Waals surface area (Å²) in [5, 5.41) is 0.544. The van der Waals surface area contributed by atoms with Crippen molar-refractivity contribution < 1.29 is 14.3 Å². The quantitative estimate of drug-likeness (QED) is 0.460. The minimum Gasteiger partial charge on any atom is -0.380 e. The standard InChI is InChI=1S/C29H36N6O4/c1-18(39-6)16-34-12-11-33(17-25(34)36)21-7-8-22-23(14-21)31-19(2)35(27(22)37)10-9-20-13-24-26(30-15-20)29(3,4)28(38)32(24)5/h7-8,13-15,18H,9-12,16-17H2,1-6H3. The van der Waals surface area contributed by atoms with Crippen LogP contribution < -0.4 is 15.4 Å². The zero-order valence-electron chi connectivity index (χ0n) is 23.5. The number of pyridine rings is 1. The van der Waals surface area contributed by atoms with E-state index in [4.69, 9.17) is 9.72 Å². The summed E-state index contributed by atoms with van der Waals surface area (Å²) in [6.45, 7) is 10.2. The molecule has 39 heavy (non-hydrogen) atoms. The summed E-state index contributed by atoms with van der Waals surface area (Å²) in [4.78, 5) is 53.6. The third-order valence-corrected chi connectivity index (χ3v) is 8.03. The molecule has 2 aliphatic heterocycles.